The van der Waals surface area contributed by atoms with E-state index in [2.05, 4.69) is 17.3 Å². The molecule has 1 N–H and O–H groups in total. The number of carbonyl (C=O) groups excluding carboxylic acids is 1. The molecule has 0 radical (unpaired) electrons. The number of aryl methyl sites for hydroxylation is 1. The number of benzene rings is 2. The van der Waals surface area contributed by atoms with Crippen molar-refractivity contribution in [2.24, 2.45) is 0 Å². The molecule has 0 aliphatic heterocycles. The van der Waals surface area contributed by atoms with E-state index in [1.54, 1.807) is 12.1 Å². The highest BCUT2D eigenvalue weighted by molar-refractivity contribution is 5.90. The van der Waals surface area contributed by atoms with Gasteiger partial charge in [-0.15, -0.1) is 5.10 Å². The van der Waals surface area contributed by atoms with Gasteiger partial charge in [0.25, 0.3) is 0 Å². The Morgan fingerprint density at radius 1 is 1.12 bits per heavy atom. The first-order chi connectivity index (χ1) is 12.7. The summed E-state index contributed by atoms with van der Waals surface area (Å²) in [5, 5.41) is 6.86. The van der Waals surface area contributed by atoms with Crippen LogP contribution in [0, 0.1) is 0 Å². The van der Waals surface area contributed by atoms with Crippen LogP contribution >= 0.6 is 0 Å². The van der Waals surface area contributed by atoms with Crippen LogP contribution in [0.2, 0.25) is 0 Å². The summed E-state index contributed by atoms with van der Waals surface area (Å²) in [6.45, 7) is 1.95. The van der Waals surface area contributed by atoms with Crippen molar-refractivity contribution in [1.29, 1.82) is 0 Å². The summed E-state index contributed by atoms with van der Waals surface area (Å²) in [4.78, 5) is 24.1. The van der Waals surface area contributed by atoms with Crippen LogP contribution in [0.1, 0.15) is 25.3 Å². The lowest BCUT2D eigenvalue weighted by atomic mass is 10.1. The molecule has 0 atom stereocenters. The van der Waals surface area contributed by atoms with E-state index in [9.17, 15) is 9.59 Å². The number of aromatic nitrogens is 2. The smallest absolute Gasteiger partial charge is 0.388 e. The highest BCUT2D eigenvalue weighted by Gasteiger charge is 2.13. The molecule has 0 saturated heterocycles. The van der Waals surface area contributed by atoms with Crippen LogP contribution in [0.4, 0.5) is 5.69 Å². The Morgan fingerprint density at radius 2 is 1.85 bits per heavy atom. The van der Waals surface area contributed by atoms with Crippen LogP contribution in [-0.2, 0) is 17.8 Å². The second-order valence-electron chi connectivity index (χ2n) is 6.05. The molecule has 0 unspecified atom stereocenters. The Morgan fingerprint density at radius 3 is 2.54 bits per heavy atom. The average Bonchev–Trinajstić information content (AvgIpc) is 3.02. The zero-order valence-corrected chi connectivity index (χ0v) is 14.6. The highest BCUT2D eigenvalue weighted by atomic mass is 16.4. The molecule has 1 amide bonds. The lowest BCUT2D eigenvalue weighted by Crippen LogP contribution is -2.25. The number of nitrogens with one attached hydrogen (secondary N) is 1. The van der Waals surface area contributed by atoms with Crippen LogP contribution in [0.5, 0.6) is 0 Å². The monoisotopic (exact) mass is 351 g/mol. The molecule has 3 rings (SSSR count). The van der Waals surface area contributed by atoms with Gasteiger partial charge in [0.1, 0.15) is 6.54 Å². The second kappa shape index (κ2) is 8.29. The van der Waals surface area contributed by atoms with Gasteiger partial charge < -0.3 is 9.73 Å². The van der Waals surface area contributed by atoms with Crippen molar-refractivity contribution in [3.05, 3.63) is 70.7 Å². The topological polar surface area (TPSA) is 77.1 Å². The number of hydrogen-bond donors (Lipinski definition) is 1. The number of unbranched alkanes of at least 4 members (excludes halogenated alkanes) is 1. The number of anilines is 1. The van der Waals surface area contributed by atoms with Gasteiger partial charge in [-0.3, -0.25) is 4.79 Å². The maximum Gasteiger partial charge on any atom is 0.437 e. The Balaban J connectivity index is 1.63. The number of amides is 1. The lowest BCUT2D eigenvalue weighted by molar-refractivity contribution is -0.117. The van der Waals surface area contributed by atoms with Crippen molar-refractivity contribution in [2.45, 2.75) is 32.7 Å². The lowest BCUT2D eigenvalue weighted by Gasteiger charge is -2.06. The predicted octanol–water partition coefficient (Wildman–Crippen LogP) is 3.48. The molecule has 6 nitrogen and oxygen atoms in total. The standard InChI is InChI=1S/C20H21N3O3/c1-2-3-7-15-10-12-17(13-11-15)21-18(24)14-23-20(25)26-19(22-23)16-8-5-4-6-9-16/h4-6,8-13H,2-3,7,14H2,1H3,(H,21,24). The Bertz CT molecular complexity index is 911. The number of nitrogens with zero attached hydrogens (tertiary/aromatic N) is 2. The van der Waals surface area contributed by atoms with Crippen molar-refractivity contribution in [1.82, 2.24) is 9.78 Å². The van der Waals surface area contributed by atoms with Crippen LogP contribution in [0.3, 0.4) is 0 Å². The van der Waals surface area contributed by atoms with E-state index in [0.717, 1.165) is 23.9 Å². The first kappa shape index (κ1) is 17.7. The average molecular weight is 351 g/mol. The molecule has 0 fully saturated rings. The minimum atomic E-state index is -0.658. The van der Waals surface area contributed by atoms with Gasteiger partial charge in [0.05, 0.1) is 0 Å². The normalized spacial score (nSPS) is 10.7. The molecule has 0 aliphatic rings. The molecule has 0 bridgehead atoms. The largest absolute Gasteiger partial charge is 0.437 e. The van der Waals surface area contributed by atoms with Gasteiger partial charge >= 0.3 is 5.76 Å². The molecule has 0 spiro atoms. The summed E-state index contributed by atoms with van der Waals surface area (Å²) in [5.41, 5.74) is 2.62. The van der Waals surface area contributed by atoms with Gasteiger partial charge in [-0.05, 0) is 42.7 Å². The fraction of sp³-hybridized carbons (Fsp3) is 0.250. The van der Waals surface area contributed by atoms with Crippen molar-refractivity contribution in [3.8, 4) is 11.5 Å². The molecule has 26 heavy (non-hydrogen) atoms. The molecular formula is C20H21N3O3. The SMILES string of the molecule is CCCCc1ccc(NC(=O)Cn2nc(-c3ccccc3)oc2=O)cc1. The first-order valence-corrected chi connectivity index (χ1v) is 8.68. The Labute approximate surface area is 151 Å². The van der Waals surface area contributed by atoms with Gasteiger partial charge in [0.2, 0.25) is 11.8 Å². The molecule has 1 heterocycles. The summed E-state index contributed by atoms with van der Waals surface area (Å²) in [6.07, 6.45) is 3.32. The van der Waals surface area contributed by atoms with Crippen LogP contribution in [0.25, 0.3) is 11.5 Å². The van der Waals surface area contributed by atoms with Crippen molar-refractivity contribution >= 4 is 11.6 Å². The second-order valence-corrected chi connectivity index (χ2v) is 6.05. The van der Waals surface area contributed by atoms with E-state index in [1.807, 2.05) is 42.5 Å². The third-order valence-electron chi connectivity index (χ3n) is 3.98. The molecule has 0 aliphatic carbocycles. The quantitative estimate of drug-likeness (QED) is 0.707. The van der Waals surface area contributed by atoms with Crippen LogP contribution in [0.15, 0.2) is 63.8 Å². The van der Waals surface area contributed by atoms with E-state index in [1.165, 1.54) is 5.56 Å². The fourth-order valence-electron chi connectivity index (χ4n) is 2.58. The summed E-state index contributed by atoms with van der Waals surface area (Å²) in [7, 11) is 0. The minimum Gasteiger partial charge on any atom is -0.388 e. The first-order valence-electron chi connectivity index (χ1n) is 8.68. The predicted molar refractivity (Wildman–Crippen MR) is 99.9 cm³/mol. The number of rotatable bonds is 7. The van der Waals surface area contributed by atoms with Crippen LogP contribution in [-0.4, -0.2) is 15.7 Å². The van der Waals surface area contributed by atoms with E-state index < -0.39 is 5.76 Å². The van der Waals surface area contributed by atoms with E-state index in [0.29, 0.717) is 11.3 Å². The maximum atomic E-state index is 12.2. The van der Waals surface area contributed by atoms with Crippen molar-refractivity contribution in [2.75, 3.05) is 5.32 Å². The molecule has 0 saturated carbocycles. The molecule has 1 aromatic heterocycles. The van der Waals surface area contributed by atoms with Gasteiger partial charge in [0, 0.05) is 11.3 Å². The fourth-order valence-corrected chi connectivity index (χ4v) is 2.58. The zero-order chi connectivity index (χ0) is 18.4. The molecule has 6 heteroatoms. The summed E-state index contributed by atoms with van der Waals surface area (Å²) >= 11 is 0. The van der Waals surface area contributed by atoms with Crippen molar-refractivity contribution < 1.29 is 9.21 Å². The van der Waals surface area contributed by atoms with Gasteiger partial charge in [-0.25, -0.2) is 4.79 Å². The maximum absolute atomic E-state index is 12.2. The third kappa shape index (κ3) is 4.47. The van der Waals surface area contributed by atoms with Gasteiger partial charge in [-0.2, -0.15) is 4.68 Å². The Hall–Kier alpha value is -3.15. The molecule has 2 aromatic carbocycles. The van der Waals surface area contributed by atoms with E-state index >= 15 is 0 Å². The van der Waals surface area contributed by atoms with Crippen LogP contribution < -0.4 is 11.1 Å². The summed E-state index contributed by atoms with van der Waals surface area (Å²) in [5.74, 6) is -0.793. The highest BCUT2D eigenvalue weighted by Crippen LogP contribution is 2.14. The van der Waals surface area contributed by atoms with Crippen molar-refractivity contribution in [3.63, 3.8) is 0 Å². The van der Waals surface area contributed by atoms with Gasteiger partial charge in [-0.1, -0.05) is 43.7 Å². The Kier molecular flexibility index (Phi) is 5.63. The molecule has 3 aromatic rings. The number of carbonyl (C=O) groups is 1. The molecule has 134 valence electrons. The number of hydrogen-bond acceptors (Lipinski definition) is 4. The van der Waals surface area contributed by atoms with E-state index in [4.69, 9.17) is 4.42 Å². The zero-order valence-electron chi connectivity index (χ0n) is 14.6. The summed E-state index contributed by atoms with van der Waals surface area (Å²) in [6, 6.07) is 16.8. The minimum absolute atomic E-state index is 0.198. The third-order valence-corrected chi connectivity index (χ3v) is 3.98. The summed E-state index contributed by atoms with van der Waals surface area (Å²) < 4.78 is 6.14. The molecular weight excluding hydrogens is 330 g/mol. The van der Waals surface area contributed by atoms with Gasteiger partial charge in [0.15, 0.2) is 0 Å². The van der Waals surface area contributed by atoms with E-state index in [-0.39, 0.29) is 18.3 Å².